The molecule has 6 heteroatoms. The van der Waals surface area contributed by atoms with Crippen LogP contribution in [0.3, 0.4) is 0 Å². The third-order valence-electron chi connectivity index (χ3n) is 4.02. The van der Waals surface area contributed by atoms with Crippen LogP contribution in [0, 0.1) is 6.92 Å². The number of nitrogens with zero attached hydrogens (tertiary/aromatic N) is 1. The fraction of sp³-hybridized carbons (Fsp3) is 0.312. The summed E-state index contributed by atoms with van der Waals surface area (Å²) < 4.78 is 34.8. The number of fused-ring (bicyclic) bond motifs is 2. The Balaban J connectivity index is 2.02. The van der Waals surface area contributed by atoms with Crippen molar-refractivity contribution in [1.29, 1.82) is 0 Å². The van der Waals surface area contributed by atoms with Crippen molar-refractivity contribution in [3.05, 3.63) is 41.4 Å². The second kappa shape index (κ2) is 5.61. The number of aromatic nitrogens is 1. The Hall–Kier alpha value is -1.50. The van der Waals surface area contributed by atoms with Crippen molar-refractivity contribution in [3.8, 4) is 0 Å². The van der Waals surface area contributed by atoms with Gasteiger partial charge in [0.25, 0.3) is 10.1 Å². The first kappa shape index (κ1) is 15.4. The van der Waals surface area contributed by atoms with Gasteiger partial charge in [0, 0.05) is 19.4 Å². The molecule has 0 spiro atoms. The molecule has 0 saturated carbocycles. The molecule has 0 amide bonds. The zero-order valence-corrected chi connectivity index (χ0v) is 14.1. The molecule has 0 aliphatic rings. The van der Waals surface area contributed by atoms with Crippen LogP contribution in [0.1, 0.15) is 18.4 Å². The van der Waals surface area contributed by atoms with Gasteiger partial charge in [0.2, 0.25) is 10.5 Å². The molecule has 22 heavy (non-hydrogen) atoms. The quantitative estimate of drug-likeness (QED) is 0.587. The van der Waals surface area contributed by atoms with Gasteiger partial charge in [0.05, 0.1) is 5.25 Å². The zero-order chi connectivity index (χ0) is 15.9. The van der Waals surface area contributed by atoms with Crippen molar-refractivity contribution in [1.82, 2.24) is 0 Å². The van der Waals surface area contributed by atoms with Crippen LogP contribution in [-0.2, 0) is 16.7 Å². The maximum Gasteiger partial charge on any atom is 0.267 e. The van der Waals surface area contributed by atoms with Gasteiger partial charge in [0.1, 0.15) is 4.70 Å². The van der Waals surface area contributed by atoms with Gasteiger partial charge in [-0.2, -0.15) is 13.0 Å². The Bertz CT molecular complexity index is 945. The molecule has 2 aromatic carbocycles. The van der Waals surface area contributed by atoms with Crippen molar-refractivity contribution in [3.63, 3.8) is 0 Å². The lowest BCUT2D eigenvalue weighted by atomic mass is 10.1. The van der Waals surface area contributed by atoms with Crippen LogP contribution in [0.25, 0.3) is 21.0 Å². The summed E-state index contributed by atoms with van der Waals surface area (Å²) in [6.07, 6.45) is 0.392. The minimum atomic E-state index is -3.97. The van der Waals surface area contributed by atoms with E-state index in [0.29, 0.717) is 13.0 Å². The first-order valence-corrected chi connectivity index (χ1v) is 9.46. The van der Waals surface area contributed by atoms with E-state index in [1.54, 1.807) is 11.3 Å². The van der Waals surface area contributed by atoms with Crippen LogP contribution in [-0.4, -0.2) is 18.2 Å². The molecule has 1 atom stereocenters. The van der Waals surface area contributed by atoms with Crippen LogP contribution < -0.4 is 4.57 Å². The van der Waals surface area contributed by atoms with E-state index in [2.05, 4.69) is 28.8 Å². The number of hydrogen-bond donors (Lipinski definition) is 1. The summed E-state index contributed by atoms with van der Waals surface area (Å²) in [4.78, 5) is 0. The molecule has 0 aliphatic heterocycles. The second-order valence-electron chi connectivity index (χ2n) is 5.55. The normalized spacial score (nSPS) is 13.8. The van der Waals surface area contributed by atoms with E-state index in [0.717, 1.165) is 10.5 Å². The molecule has 0 fully saturated rings. The van der Waals surface area contributed by atoms with Gasteiger partial charge in [-0.3, -0.25) is 4.55 Å². The zero-order valence-electron chi connectivity index (χ0n) is 12.5. The third kappa shape index (κ3) is 2.86. The summed E-state index contributed by atoms with van der Waals surface area (Å²) in [7, 11) is -3.97. The fourth-order valence-electron chi connectivity index (χ4n) is 2.62. The molecule has 0 saturated heterocycles. The average Bonchev–Trinajstić information content (AvgIpc) is 2.76. The average molecular weight is 336 g/mol. The Kier molecular flexibility index (Phi) is 3.92. The number of thiazole rings is 1. The van der Waals surface area contributed by atoms with Gasteiger partial charge in [0.15, 0.2) is 6.54 Å². The van der Waals surface area contributed by atoms with Crippen molar-refractivity contribution in [2.24, 2.45) is 0 Å². The topological polar surface area (TPSA) is 58.2 Å². The number of rotatable bonds is 4. The van der Waals surface area contributed by atoms with Crippen LogP contribution in [0.5, 0.6) is 0 Å². The largest absolute Gasteiger partial charge is 0.285 e. The number of aryl methyl sites for hydroxylation is 2. The molecule has 4 nitrogen and oxygen atoms in total. The molecular formula is C16H18NO3S2+. The van der Waals surface area contributed by atoms with E-state index in [1.165, 1.54) is 22.4 Å². The molecule has 1 unspecified atom stereocenters. The molecule has 1 aromatic heterocycles. The van der Waals surface area contributed by atoms with Crippen LogP contribution >= 0.6 is 11.3 Å². The number of hydrogen-bond acceptors (Lipinski definition) is 3. The lowest BCUT2D eigenvalue weighted by Crippen LogP contribution is -2.37. The summed E-state index contributed by atoms with van der Waals surface area (Å²) in [6.45, 7) is 4.15. The molecule has 116 valence electrons. The lowest BCUT2D eigenvalue weighted by molar-refractivity contribution is -0.673. The molecule has 0 aliphatic carbocycles. The monoisotopic (exact) mass is 336 g/mol. The molecule has 0 bridgehead atoms. The molecule has 1 heterocycles. The molecule has 0 radical (unpaired) electrons. The van der Waals surface area contributed by atoms with E-state index >= 15 is 0 Å². The summed E-state index contributed by atoms with van der Waals surface area (Å²) in [5.41, 5.74) is 1.11. The summed E-state index contributed by atoms with van der Waals surface area (Å²) in [5.74, 6) is 0. The smallest absolute Gasteiger partial charge is 0.267 e. The SMILES string of the molecule is Cc1sc2cc3ccccc3cc2[n+]1CCC(C)S(=O)(=O)O. The van der Waals surface area contributed by atoms with E-state index in [-0.39, 0.29) is 0 Å². The van der Waals surface area contributed by atoms with Crippen molar-refractivity contribution in [2.75, 3.05) is 0 Å². The van der Waals surface area contributed by atoms with Gasteiger partial charge < -0.3 is 0 Å². The minimum Gasteiger partial charge on any atom is -0.285 e. The van der Waals surface area contributed by atoms with Gasteiger partial charge >= 0.3 is 0 Å². The maximum atomic E-state index is 11.2. The van der Waals surface area contributed by atoms with Gasteiger partial charge in [-0.15, -0.1) is 0 Å². The highest BCUT2D eigenvalue weighted by Gasteiger charge is 2.23. The Morgan fingerprint density at radius 2 is 1.86 bits per heavy atom. The van der Waals surface area contributed by atoms with Crippen LogP contribution in [0.15, 0.2) is 36.4 Å². The third-order valence-corrected chi connectivity index (χ3v) is 6.34. The van der Waals surface area contributed by atoms with Gasteiger partial charge in [-0.05, 0) is 23.8 Å². The lowest BCUT2D eigenvalue weighted by Gasteiger charge is -2.05. The van der Waals surface area contributed by atoms with Gasteiger partial charge in [-0.25, -0.2) is 0 Å². The highest BCUT2D eigenvalue weighted by Crippen LogP contribution is 2.26. The van der Waals surface area contributed by atoms with Crippen LogP contribution in [0.4, 0.5) is 0 Å². The Morgan fingerprint density at radius 3 is 2.50 bits per heavy atom. The first-order valence-electron chi connectivity index (χ1n) is 7.14. The van der Waals surface area contributed by atoms with E-state index < -0.39 is 15.4 Å². The van der Waals surface area contributed by atoms with Crippen LogP contribution in [0.2, 0.25) is 0 Å². The van der Waals surface area contributed by atoms with Crippen molar-refractivity contribution in [2.45, 2.75) is 32.1 Å². The highest BCUT2D eigenvalue weighted by molar-refractivity contribution is 7.86. The summed E-state index contributed by atoms with van der Waals surface area (Å²) in [5, 5.41) is 2.75. The highest BCUT2D eigenvalue weighted by atomic mass is 32.2. The first-order chi connectivity index (χ1) is 10.4. The molecule has 3 aromatic rings. The van der Waals surface area contributed by atoms with E-state index in [4.69, 9.17) is 4.55 Å². The maximum absolute atomic E-state index is 11.2. The predicted molar refractivity (Wildman–Crippen MR) is 89.9 cm³/mol. The molecule has 1 N–H and O–H groups in total. The van der Waals surface area contributed by atoms with E-state index in [1.807, 2.05) is 19.1 Å². The van der Waals surface area contributed by atoms with E-state index in [9.17, 15) is 8.42 Å². The van der Waals surface area contributed by atoms with Crippen molar-refractivity contribution < 1.29 is 17.5 Å². The predicted octanol–water partition coefficient (Wildman–Crippen LogP) is 3.32. The van der Waals surface area contributed by atoms with Gasteiger partial charge in [-0.1, -0.05) is 35.6 Å². The molecular weight excluding hydrogens is 318 g/mol. The second-order valence-corrected chi connectivity index (χ2v) is 8.62. The Labute approximate surface area is 133 Å². The summed E-state index contributed by atoms with van der Waals surface area (Å²) in [6, 6.07) is 12.5. The Morgan fingerprint density at radius 1 is 1.23 bits per heavy atom. The van der Waals surface area contributed by atoms with Crippen molar-refractivity contribution >= 4 is 42.4 Å². The summed E-state index contributed by atoms with van der Waals surface area (Å²) >= 11 is 1.70. The standard InChI is InChI=1S/C16H17NO3S2/c1-11(22(18,19)20)7-8-17-12(2)21-16-10-14-6-4-3-5-13(14)9-15(16)17/h3-6,9-11H,7-8H2,1-2H3/p+1. The fourth-order valence-corrected chi connectivity index (χ4v) is 4.10. The minimum absolute atomic E-state index is 0.392. The number of benzene rings is 2. The molecule has 3 rings (SSSR count).